The van der Waals surface area contributed by atoms with Crippen LogP contribution in [0.4, 0.5) is 5.69 Å². The molecule has 1 aromatic carbocycles. The number of hydrogen-bond acceptors (Lipinski definition) is 5. The lowest BCUT2D eigenvalue weighted by atomic mass is 10.1. The van der Waals surface area contributed by atoms with Crippen LogP contribution >= 0.6 is 0 Å². The Balaban J connectivity index is 1.49. The molecule has 2 heterocycles. The van der Waals surface area contributed by atoms with Gasteiger partial charge < -0.3 is 15.4 Å². The first-order valence-corrected chi connectivity index (χ1v) is 9.92. The third kappa shape index (κ3) is 3.98. The summed E-state index contributed by atoms with van der Waals surface area (Å²) in [4.78, 5) is 12.8. The minimum absolute atomic E-state index is 0.241. The van der Waals surface area contributed by atoms with E-state index >= 15 is 0 Å². The van der Waals surface area contributed by atoms with Gasteiger partial charge in [-0.15, -0.1) is 5.10 Å². The summed E-state index contributed by atoms with van der Waals surface area (Å²) in [6.07, 6.45) is 6.81. The van der Waals surface area contributed by atoms with Gasteiger partial charge in [0, 0.05) is 0 Å². The summed E-state index contributed by atoms with van der Waals surface area (Å²) in [5.41, 5.74) is 1.88. The summed E-state index contributed by atoms with van der Waals surface area (Å²) in [5.74, 6) is 0.483. The van der Waals surface area contributed by atoms with E-state index in [1.54, 1.807) is 0 Å². The summed E-state index contributed by atoms with van der Waals surface area (Å²) in [7, 11) is 0. The van der Waals surface area contributed by atoms with E-state index in [2.05, 4.69) is 20.9 Å². The van der Waals surface area contributed by atoms with Crippen LogP contribution in [-0.2, 0) is 0 Å². The molecule has 0 atom stereocenters. The molecule has 27 heavy (non-hydrogen) atoms. The zero-order valence-electron chi connectivity index (χ0n) is 15.8. The van der Waals surface area contributed by atoms with Gasteiger partial charge >= 0.3 is 0 Å². The number of anilines is 1. The Hall–Kier alpha value is -2.41. The van der Waals surface area contributed by atoms with Gasteiger partial charge in [-0.2, -0.15) is 0 Å². The van der Waals surface area contributed by atoms with Crippen molar-refractivity contribution in [1.82, 2.24) is 20.3 Å². The van der Waals surface area contributed by atoms with Gasteiger partial charge in [-0.05, 0) is 70.7 Å². The molecule has 7 heteroatoms. The molecule has 2 N–H and O–H groups in total. The number of ether oxygens (including phenoxy) is 1. The molecule has 0 spiro atoms. The number of hydrogen-bond donors (Lipinski definition) is 2. The van der Waals surface area contributed by atoms with Gasteiger partial charge in [0.15, 0.2) is 5.69 Å². The third-order valence-corrected chi connectivity index (χ3v) is 5.53. The first-order chi connectivity index (χ1) is 13.2. The molecule has 1 aliphatic carbocycles. The van der Waals surface area contributed by atoms with E-state index in [1.807, 2.05) is 35.9 Å². The molecule has 2 aliphatic rings. The van der Waals surface area contributed by atoms with Gasteiger partial charge in [0.2, 0.25) is 0 Å². The van der Waals surface area contributed by atoms with Gasteiger partial charge in [-0.1, -0.05) is 17.3 Å². The second kappa shape index (κ2) is 8.08. The van der Waals surface area contributed by atoms with E-state index in [4.69, 9.17) is 4.74 Å². The fourth-order valence-corrected chi connectivity index (χ4v) is 3.99. The van der Waals surface area contributed by atoms with Crippen molar-refractivity contribution in [1.29, 1.82) is 0 Å². The molecule has 1 aliphatic heterocycles. The highest BCUT2D eigenvalue weighted by Crippen LogP contribution is 2.30. The zero-order chi connectivity index (χ0) is 18.6. The first-order valence-electron chi connectivity index (χ1n) is 9.92. The highest BCUT2D eigenvalue weighted by molar-refractivity contribution is 6.04. The van der Waals surface area contributed by atoms with Gasteiger partial charge in [-0.25, -0.2) is 4.68 Å². The molecule has 144 valence electrons. The lowest BCUT2D eigenvalue weighted by Gasteiger charge is -2.23. The molecular weight excluding hydrogens is 342 g/mol. The number of nitrogens with zero attached hydrogens (tertiary/aromatic N) is 3. The van der Waals surface area contributed by atoms with Crippen molar-refractivity contribution >= 4 is 11.6 Å². The summed E-state index contributed by atoms with van der Waals surface area (Å²) in [6.45, 7) is 3.85. The number of nitrogens with one attached hydrogen (secondary N) is 2. The number of rotatable bonds is 5. The summed E-state index contributed by atoms with van der Waals surface area (Å²) in [6, 6.07) is 7.91. The van der Waals surface area contributed by atoms with E-state index in [0.29, 0.717) is 17.4 Å². The second-order valence-electron chi connectivity index (χ2n) is 7.42. The Morgan fingerprint density at radius 1 is 1.19 bits per heavy atom. The maximum Gasteiger partial charge on any atom is 0.278 e. The van der Waals surface area contributed by atoms with Crippen molar-refractivity contribution in [3.05, 3.63) is 35.7 Å². The van der Waals surface area contributed by atoms with Gasteiger partial charge in [-0.3, -0.25) is 4.79 Å². The summed E-state index contributed by atoms with van der Waals surface area (Å²) >= 11 is 0. The Labute approximate surface area is 159 Å². The number of para-hydroxylation sites is 2. The van der Waals surface area contributed by atoms with Crippen molar-refractivity contribution in [2.45, 2.75) is 57.6 Å². The molecule has 1 aromatic heterocycles. The molecule has 0 radical (unpaired) electrons. The van der Waals surface area contributed by atoms with Crippen LogP contribution in [0.15, 0.2) is 24.3 Å². The van der Waals surface area contributed by atoms with Crippen molar-refractivity contribution in [2.24, 2.45) is 0 Å². The molecule has 1 saturated carbocycles. The highest BCUT2D eigenvalue weighted by Gasteiger charge is 2.24. The Morgan fingerprint density at radius 3 is 2.70 bits per heavy atom. The normalized spacial score (nSPS) is 18.6. The highest BCUT2D eigenvalue weighted by atomic mass is 16.5. The molecular formula is C20H27N5O2. The van der Waals surface area contributed by atoms with Crippen LogP contribution < -0.4 is 15.4 Å². The standard InChI is InChI=1S/C20H27N5O2/c1-14-19(23-24-25(14)15-10-12-21-13-11-15)20(26)22-17-8-4-5-9-18(17)27-16-6-2-3-7-16/h4-5,8-9,15-16,21H,2-3,6-7,10-13H2,1H3,(H,22,26). The minimum Gasteiger partial charge on any atom is -0.488 e. The van der Waals surface area contributed by atoms with Crippen molar-refractivity contribution < 1.29 is 9.53 Å². The first kappa shape index (κ1) is 18.0. The Bertz CT molecular complexity index is 791. The Kier molecular flexibility index (Phi) is 5.38. The average Bonchev–Trinajstić information content (AvgIpc) is 3.33. The quantitative estimate of drug-likeness (QED) is 0.846. The predicted octanol–water partition coefficient (Wildman–Crippen LogP) is 3.08. The number of carbonyl (C=O) groups is 1. The maximum atomic E-state index is 12.8. The van der Waals surface area contributed by atoms with Crippen LogP contribution in [0.2, 0.25) is 0 Å². The van der Waals surface area contributed by atoms with Gasteiger partial charge in [0.05, 0.1) is 23.5 Å². The maximum absolute atomic E-state index is 12.8. The molecule has 1 amide bonds. The van der Waals surface area contributed by atoms with Crippen LogP contribution in [0.5, 0.6) is 5.75 Å². The molecule has 0 unspecified atom stereocenters. The van der Waals surface area contributed by atoms with Gasteiger partial charge in [0.25, 0.3) is 5.91 Å². The van der Waals surface area contributed by atoms with E-state index in [0.717, 1.165) is 50.2 Å². The monoisotopic (exact) mass is 369 g/mol. The Morgan fingerprint density at radius 2 is 1.93 bits per heavy atom. The van der Waals surface area contributed by atoms with E-state index in [-0.39, 0.29) is 12.0 Å². The van der Waals surface area contributed by atoms with Crippen molar-refractivity contribution in [3.63, 3.8) is 0 Å². The van der Waals surface area contributed by atoms with Crippen molar-refractivity contribution in [2.75, 3.05) is 18.4 Å². The largest absolute Gasteiger partial charge is 0.488 e. The van der Waals surface area contributed by atoms with Crippen LogP contribution in [0, 0.1) is 6.92 Å². The van der Waals surface area contributed by atoms with Crippen LogP contribution in [0.3, 0.4) is 0 Å². The smallest absolute Gasteiger partial charge is 0.278 e. The number of carbonyl (C=O) groups excluding carboxylic acids is 1. The van der Waals surface area contributed by atoms with E-state index < -0.39 is 0 Å². The van der Waals surface area contributed by atoms with Gasteiger partial charge in [0.1, 0.15) is 5.75 Å². The number of benzene rings is 1. The third-order valence-electron chi connectivity index (χ3n) is 5.53. The molecule has 4 rings (SSSR count). The van der Waals surface area contributed by atoms with Crippen LogP contribution in [-0.4, -0.2) is 40.1 Å². The number of amides is 1. The molecule has 0 bridgehead atoms. The molecule has 2 aromatic rings. The van der Waals surface area contributed by atoms with E-state index in [9.17, 15) is 4.79 Å². The lowest BCUT2D eigenvalue weighted by molar-refractivity contribution is 0.102. The predicted molar refractivity (Wildman–Crippen MR) is 103 cm³/mol. The summed E-state index contributed by atoms with van der Waals surface area (Å²) in [5, 5.41) is 14.7. The summed E-state index contributed by atoms with van der Waals surface area (Å²) < 4.78 is 8.01. The molecule has 2 fully saturated rings. The SMILES string of the molecule is Cc1c(C(=O)Nc2ccccc2OC2CCCC2)nnn1C1CCNCC1. The van der Waals surface area contributed by atoms with Crippen LogP contribution in [0.1, 0.15) is 60.7 Å². The molecule has 1 saturated heterocycles. The minimum atomic E-state index is -0.241. The topological polar surface area (TPSA) is 81.1 Å². The lowest BCUT2D eigenvalue weighted by Crippen LogP contribution is -2.30. The fraction of sp³-hybridized carbons (Fsp3) is 0.550. The number of piperidine rings is 1. The zero-order valence-corrected chi connectivity index (χ0v) is 15.8. The van der Waals surface area contributed by atoms with Crippen LogP contribution in [0.25, 0.3) is 0 Å². The molecule has 7 nitrogen and oxygen atoms in total. The van der Waals surface area contributed by atoms with E-state index in [1.165, 1.54) is 12.8 Å². The van der Waals surface area contributed by atoms with Crippen molar-refractivity contribution in [3.8, 4) is 5.75 Å². The fourth-order valence-electron chi connectivity index (χ4n) is 3.99. The second-order valence-corrected chi connectivity index (χ2v) is 7.42. The average molecular weight is 369 g/mol. The number of aromatic nitrogens is 3.